The van der Waals surface area contributed by atoms with Crippen molar-refractivity contribution in [2.24, 2.45) is 0 Å². The second kappa shape index (κ2) is 7.23. The molecule has 0 aliphatic rings. The molecule has 1 N–H and O–H groups in total. The smallest absolute Gasteiger partial charge is 0.169 e. The number of aromatic nitrogens is 2. The Morgan fingerprint density at radius 1 is 1.29 bits per heavy atom. The number of halogens is 1. The molecule has 6 heteroatoms. The zero-order valence-corrected chi connectivity index (χ0v) is 13.7. The van der Waals surface area contributed by atoms with Crippen LogP contribution in [0, 0.1) is 11.3 Å². The SMILES string of the molecule is CCc1nnc(NCCc2ccc(Br)o2)c(C#N)c1CC. The monoisotopic (exact) mass is 348 g/mol. The van der Waals surface area contributed by atoms with Crippen LogP contribution in [0.3, 0.4) is 0 Å². The van der Waals surface area contributed by atoms with Crippen molar-refractivity contribution in [2.75, 3.05) is 11.9 Å². The lowest BCUT2D eigenvalue weighted by Crippen LogP contribution is -2.12. The van der Waals surface area contributed by atoms with Gasteiger partial charge in [0.05, 0.1) is 5.69 Å². The Hall–Kier alpha value is -1.87. The van der Waals surface area contributed by atoms with E-state index >= 15 is 0 Å². The first kappa shape index (κ1) is 15.5. The van der Waals surface area contributed by atoms with Crippen LogP contribution in [0.5, 0.6) is 0 Å². The van der Waals surface area contributed by atoms with Gasteiger partial charge in [-0.05, 0) is 46.5 Å². The van der Waals surface area contributed by atoms with Gasteiger partial charge < -0.3 is 9.73 Å². The Kier molecular flexibility index (Phi) is 5.34. The average Bonchev–Trinajstić information content (AvgIpc) is 2.91. The summed E-state index contributed by atoms with van der Waals surface area (Å²) in [7, 11) is 0. The molecule has 21 heavy (non-hydrogen) atoms. The zero-order chi connectivity index (χ0) is 15.2. The molecule has 0 aliphatic heterocycles. The molecule has 0 aromatic carbocycles. The number of aryl methyl sites for hydroxylation is 1. The maximum Gasteiger partial charge on any atom is 0.169 e. The first-order valence-electron chi connectivity index (χ1n) is 6.96. The van der Waals surface area contributed by atoms with Crippen molar-refractivity contribution >= 4 is 21.7 Å². The van der Waals surface area contributed by atoms with Crippen molar-refractivity contribution in [3.63, 3.8) is 0 Å². The lowest BCUT2D eigenvalue weighted by molar-refractivity contribution is 0.491. The van der Waals surface area contributed by atoms with Crippen molar-refractivity contribution in [1.29, 1.82) is 5.26 Å². The predicted octanol–water partition coefficient (Wildman–Crippen LogP) is 3.48. The number of rotatable bonds is 6. The maximum absolute atomic E-state index is 9.39. The van der Waals surface area contributed by atoms with Gasteiger partial charge in [0.15, 0.2) is 10.5 Å². The molecule has 110 valence electrons. The normalized spacial score (nSPS) is 10.4. The van der Waals surface area contributed by atoms with Crippen LogP contribution < -0.4 is 5.32 Å². The third-order valence-corrected chi connectivity index (χ3v) is 3.68. The number of nitrogens with zero attached hydrogens (tertiary/aromatic N) is 3. The fraction of sp³-hybridized carbons (Fsp3) is 0.400. The van der Waals surface area contributed by atoms with E-state index in [1.807, 2.05) is 26.0 Å². The summed E-state index contributed by atoms with van der Waals surface area (Å²) in [6, 6.07) is 6.03. The molecule has 2 heterocycles. The van der Waals surface area contributed by atoms with Gasteiger partial charge in [-0.1, -0.05) is 13.8 Å². The van der Waals surface area contributed by atoms with Crippen LogP contribution in [-0.2, 0) is 19.3 Å². The van der Waals surface area contributed by atoms with Gasteiger partial charge in [0.1, 0.15) is 17.4 Å². The molecule has 0 aliphatic carbocycles. The molecule has 0 amide bonds. The van der Waals surface area contributed by atoms with Crippen molar-refractivity contribution < 1.29 is 4.42 Å². The van der Waals surface area contributed by atoms with Crippen LogP contribution >= 0.6 is 15.9 Å². The van der Waals surface area contributed by atoms with E-state index in [9.17, 15) is 5.26 Å². The quantitative estimate of drug-likeness (QED) is 0.864. The third kappa shape index (κ3) is 3.61. The summed E-state index contributed by atoms with van der Waals surface area (Å²) >= 11 is 3.27. The molecule has 0 saturated heterocycles. The standard InChI is InChI=1S/C15H17BrN4O/c1-3-11-12(9-17)15(20-19-13(11)4-2)18-8-7-10-5-6-14(16)21-10/h5-6H,3-4,7-8H2,1-2H3,(H,18,20). The van der Waals surface area contributed by atoms with Crippen molar-refractivity contribution in [2.45, 2.75) is 33.1 Å². The minimum Gasteiger partial charge on any atom is -0.454 e. The Morgan fingerprint density at radius 2 is 2.10 bits per heavy atom. The molecule has 0 bridgehead atoms. The molecule has 0 atom stereocenters. The van der Waals surface area contributed by atoms with Gasteiger partial charge >= 0.3 is 0 Å². The van der Waals surface area contributed by atoms with Crippen LogP contribution in [0.4, 0.5) is 5.82 Å². The van der Waals surface area contributed by atoms with E-state index in [4.69, 9.17) is 4.42 Å². The number of nitrogens with one attached hydrogen (secondary N) is 1. The number of furan rings is 1. The van der Waals surface area contributed by atoms with Gasteiger partial charge in [-0.15, -0.1) is 5.10 Å². The molecule has 2 aromatic rings. The van der Waals surface area contributed by atoms with E-state index in [0.717, 1.165) is 40.9 Å². The Morgan fingerprint density at radius 3 is 2.67 bits per heavy atom. The van der Waals surface area contributed by atoms with Crippen LogP contribution in [0.2, 0.25) is 0 Å². The van der Waals surface area contributed by atoms with Crippen LogP contribution in [-0.4, -0.2) is 16.7 Å². The largest absolute Gasteiger partial charge is 0.454 e. The van der Waals surface area contributed by atoms with Crippen LogP contribution in [0.15, 0.2) is 21.2 Å². The zero-order valence-electron chi connectivity index (χ0n) is 12.1. The fourth-order valence-corrected chi connectivity index (χ4v) is 2.55. The Bertz CT molecular complexity index is 660. The van der Waals surface area contributed by atoms with Crippen molar-refractivity contribution in [3.05, 3.63) is 39.4 Å². The van der Waals surface area contributed by atoms with Crippen LogP contribution in [0.1, 0.15) is 36.4 Å². The molecule has 0 unspecified atom stereocenters. The summed E-state index contributed by atoms with van der Waals surface area (Å²) in [6.07, 6.45) is 2.28. The molecule has 2 aromatic heterocycles. The highest BCUT2D eigenvalue weighted by Crippen LogP contribution is 2.20. The van der Waals surface area contributed by atoms with Gasteiger partial charge in [0.25, 0.3) is 0 Å². The van der Waals surface area contributed by atoms with Gasteiger partial charge in [-0.3, -0.25) is 0 Å². The van der Waals surface area contributed by atoms with Crippen molar-refractivity contribution in [3.8, 4) is 6.07 Å². The summed E-state index contributed by atoms with van der Waals surface area (Å²) in [5.41, 5.74) is 2.48. The average molecular weight is 349 g/mol. The lowest BCUT2D eigenvalue weighted by Gasteiger charge is -2.11. The summed E-state index contributed by atoms with van der Waals surface area (Å²) < 4.78 is 6.15. The van der Waals surface area contributed by atoms with E-state index in [1.165, 1.54) is 0 Å². The molecule has 0 saturated carbocycles. The fourth-order valence-electron chi connectivity index (χ4n) is 2.21. The molecule has 2 rings (SSSR count). The summed E-state index contributed by atoms with van der Waals surface area (Å²) in [4.78, 5) is 0. The molecule has 5 nitrogen and oxygen atoms in total. The van der Waals surface area contributed by atoms with Crippen molar-refractivity contribution in [1.82, 2.24) is 10.2 Å². The molecule has 0 radical (unpaired) electrons. The molecular formula is C15H17BrN4O. The summed E-state index contributed by atoms with van der Waals surface area (Å²) in [6.45, 7) is 4.69. The molecular weight excluding hydrogens is 332 g/mol. The topological polar surface area (TPSA) is 74.7 Å². The van der Waals surface area contributed by atoms with E-state index in [-0.39, 0.29) is 0 Å². The lowest BCUT2D eigenvalue weighted by atomic mass is 10.0. The second-order valence-corrected chi connectivity index (χ2v) is 5.33. The number of nitriles is 1. The second-order valence-electron chi connectivity index (χ2n) is 4.55. The maximum atomic E-state index is 9.39. The third-order valence-electron chi connectivity index (χ3n) is 3.25. The first-order valence-corrected chi connectivity index (χ1v) is 7.75. The number of anilines is 1. The minimum atomic E-state index is 0.553. The Labute approximate surface area is 132 Å². The molecule has 0 fully saturated rings. The highest BCUT2D eigenvalue weighted by atomic mass is 79.9. The van der Waals surface area contributed by atoms with Crippen LogP contribution in [0.25, 0.3) is 0 Å². The Balaban J connectivity index is 2.11. The number of hydrogen-bond donors (Lipinski definition) is 1. The van der Waals surface area contributed by atoms with E-state index in [2.05, 4.69) is 37.5 Å². The van der Waals surface area contributed by atoms with E-state index < -0.39 is 0 Å². The highest BCUT2D eigenvalue weighted by molar-refractivity contribution is 9.10. The van der Waals surface area contributed by atoms with Gasteiger partial charge in [-0.25, -0.2) is 0 Å². The minimum absolute atomic E-state index is 0.553. The van der Waals surface area contributed by atoms with E-state index in [0.29, 0.717) is 17.9 Å². The highest BCUT2D eigenvalue weighted by Gasteiger charge is 2.14. The predicted molar refractivity (Wildman–Crippen MR) is 84.1 cm³/mol. The van der Waals surface area contributed by atoms with Gasteiger partial charge in [0, 0.05) is 13.0 Å². The van der Waals surface area contributed by atoms with Gasteiger partial charge in [-0.2, -0.15) is 10.4 Å². The first-order chi connectivity index (χ1) is 10.2. The summed E-state index contributed by atoms with van der Waals surface area (Å²) in [5, 5.41) is 20.9. The molecule has 0 spiro atoms. The number of hydrogen-bond acceptors (Lipinski definition) is 5. The summed E-state index contributed by atoms with van der Waals surface area (Å²) in [5.74, 6) is 1.43. The van der Waals surface area contributed by atoms with Gasteiger partial charge in [0.2, 0.25) is 0 Å². The van der Waals surface area contributed by atoms with E-state index in [1.54, 1.807) is 0 Å².